The predicted octanol–water partition coefficient (Wildman–Crippen LogP) is 4.45. The highest BCUT2D eigenvalue weighted by Crippen LogP contribution is 2.47. The lowest BCUT2D eigenvalue weighted by atomic mass is 9.63. The third-order valence-electron chi connectivity index (χ3n) is 3.99. The average molecular weight is 321 g/mol. The van der Waals surface area contributed by atoms with Crippen molar-refractivity contribution in [1.82, 2.24) is 4.98 Å². The molecule has 1 fully saturated rings. The quantitative estimate of drug-likeness (QED) is 0.907. The van der Waals surface area contributed by atoms with E-state index in [0.717, 1.165) is 24.8 Å². The Kier molecular flexibility index (Phi) is 3.87. The van der Waals surface area contributed by atoms with Gasteiger partial charge in [-0.3, -0.25) is 4.79 Å². The third kappa shape index (κ3) is 2.63. The molecular weight excluding hydrogens is 307 g/mol. The van der Waals surface area contributed by atoms with Crippen molar-refractivity contribution in [2.24, 2.45) is 0 Å². The molecule has 1 aliphatic carbocycles. The van der Waals surface area contributed by atoms with E-state index in [1.165, 1.54) is 0 Å². The number of pyridine rings is 1. The van der Waals surface area contributed by atoms with Crippen molar-refractivity contribution in [3.63, 3.8) is 0 Å². The summed E-state index contributed by atoms with van der Waals surface area (Å²) in [6.07, 6.45) is 4.23. The maximum absolute atomic E-state index is 12.7. The topological polar surface area (TPSA) is 42.0 Å². The molecule has 5 heteroatoms. The molecule has 1 aliphatic rings. The molecule has 1 aromatic heterocycles. The Balaban J connectivity index is 1.91. The molecule has 108 valence electrons. The lowest BCUT2D eigenvalue weighted by molar-refractivity contribution is -0.124. The zero-order chi connectivity index (χ0) is 14.9. The maximum atomic E-state index is 12.7. The molecule has 1 N–H and O–H groups in total. The summed E-state index contributed by atoms with van der Waals surface area (Å²) in [6.45, 7) is 0. The summed E-state index contributed by atoms with van der Waals surface area (Å²) in [5.41, 5.74) is 0.271. The van der Waals surface area contributed by atoms with Gasteiger partial charge in [0.1, 0.15) is 5.82 Å². The van der Waals surface area contributed by atoms with Gasteiger partial charge in [-0.05, 0) is 42.7 Å². The van der Waals surface area contributed by atoms with Gasteiger partial charge in [0.2, 0.25) is 5.91 Å². The monoisotopic (exact) mass is 320 g/mol. The Bertz CT molecular complexity index is 669. The second-order valence-corrected chi connectivity index (χ2v) is 6.07. The van der Waals surface area contributed by atoms with Gasteiger partial charge in [-0.2, -0.15) is 0 Å². The summed E-state index contributed by atoms with van der Waals surface area (Å²) in [7, 11) is 0. The highest BCUT2D eigenvalue weighted by molar-refractivity contribution is 6.35. The zero-order valence-corrected chi connectivity index (χ0v) is 12.8. The molecule has 0 aliphatic heterocycles. The number of nitrogens with zero attached hydrogens (tertiary/aromatic N) is 1. The standard InChI is InChI=1S/C16H14Cl2N2O/c17-11-5-6-12(13(18)10-11)16(7-3-8-16)15(21)20-14-4-1-2-9-19-14/h1-2,4-6,9-10H,3,7-8H2,(H,19,20,21). The third-order valence-corrected chi connectivity index (χ3v) is 4.54. The van der Waals surface area contributed by atoms with Crippen LogP contribution in [-0.4, -0.2) is 10.9 Å². The van der Waals surface area contributed by atoms with Crippen LogP contribution in [0, 0.1) is 0 Å². The summed E-state index contributed by atoms with van der Waals surface area (Å²) in [5.74, 6) is 0.496. The van der Waals surface area contributed by atoms with Gasteiger partial charge in [0.15, 0.2) is 0 Å². The van der Waals surface area contributed by atoms with E-state index in [-0.39, 0.29) is 5.91 Å². The minimum Gasteiger partial charge on any atom is -0.310 e. The van der Waals surface area contributed by atoms with E-state index >= 15 is 0 Å². The van der Waals surface area contributed by atoms with Gasteiger partial charge in [0, 0.05) is 16.2 Å². The normalized spacial score (nSPS) is 16.1. The molecule has 2 aromatic rings. The highest BCUT2D eigenvalue weighted by atomic mass is 35.5. The molecule has 0 atom stereocenters. The van der Waals surface area contributed by atoms with Crippen LogP contribution in [-0.2, 0) is 10.2 Å². The Morgan fingerprint density at radius 2 is 2.00 bits per heavy atom. The fraction of sp³-hybridized carbons (Fsp3) is 0.250. The molecule has 0 saturated heterocycles. The van der Waals surface area contributed by atoms with Gasteiger partial charge in [-0.25, -0.2) is 4.98 Å². The summed E-state index contributed by atoms with van der Waals surface area (Å²) in [6, 6.07) is 10.7. The van der Waals surface area contributed by atoms with Crippen LogP contribution in [0.2, 0.25) is 10.0 Å². The van der Waals surface area contributed by atoms with Crippen molar-refractivity contribution >= 4 is 34.9 Å². The van der Waals surface area contributed by atoms with E-state index in [4.69, 9.17) is 23.2 Å². The van der Waals surface area contributed by atoms with Crippen LogP contribution in [0.5, 0.6) is 0 Å². The molecule has 21 heavy (non-hydrogen) atoms. The van der Waals surface area contributed by atoms with E-state index in [9.17, 15) is 4.79 Å². The number of anilines is 1. The molecule has 3 rings (SSSR count). The van der Waals surface area contributed by atoms with Gasteiger partial charge in [0.25, 0.3) is 0 Å². The van der Waals surface area contributed by atoms with Crippen molar-refractivity contribution in [1.29, 1.82) is 0 Å². The van der Waals surface area contributed by atoms with Crippen LogP contribution < -0.4 is 5.32 Å². The molecule has 3 nitrogen and oxygen atoms in total. The van der Waals surface area contributed by atoms with Gasteiger partial charge < -0.3 is 5.32 Å². The number of carbonyl (C=O) groups excluding carboxylic acids is 1. The fourth-order valence-corrected chi connectivity index (χ4v) is 3.29. The van der Waals surface area contributed by atoms with Crippen LogP contribution >= 0.6 is 23.2 Å². The number of halogens is 2. The minimum atomic E-state index is -0.570. The van der Waals surface area contributed by atoms with E-state index in [0.29, 0.717) is 15.9 Å². The van der Waals surface area contributed by atoms with E-state index in [1.54, 1.807) is 24.4 Å². The summed E-state index contributed by atoms with van der Waals surface area (Å²) in [5, 5.41) is 4.00. The van der Waals surface area contributed by atoms with Crippen molar-refractivity contribution in [3.8, 4) is 0 Å². The Labute approximate surface area is 133 Å². The number of carbonyl (C=O) groups is 1. The van der Waals surface area contributed by atoms with Crippen LogP contribution in [0.3, 0.4) is 0 Å². The SMILES string of the molecule is O=C(Nc1ccccn1)C1(c2ccc(Cl)cc2Cl)CCC1. The number of rotatable bonds is 3. The number of amides is 1. The molecule has 1 amide bonds. The van der Waals surface area contributed by atoms with Gasteiger partial charge >= 0.3 is 0 Å². The average Bonchev–Trinajstić information content (AvgIpc) is 2.41. The van der Waals surface area contributed by atoms with E-state index < -0.39 is 5.41 Å². The minimum absolute atomic E-state index is 0.0586. The summed E-state index contributed by atoms with van der Waals surface area (Å²) >= 11 is 12.2. The lowest BCUT2D eigenvalue weighted by Crippen LogP contribution is -2.46. The van der Waals surface area contributed by atoms with Crippen LogP contribution in [0.15, 0.2) is 42.6 Å². The first-order valence-electron chi connectivity index (χ1n) is 6.80. The first-order valence-corrected chi connectivity index (χ1v) is 7.55. The molecule has 1 saturated carbocycles. The van der Waals surface area contributed by atoms with Gasteiger partial charge in [0.05, 0.1) is 5.41 Å². The van der Waals surface area contributed by atoms with Crippen molar-refractivity contribution < 1.29 is 4.79 Å². The molecule has 0 unspecified atom stereocenters. The summed E-state index contributed by atoms with van der Waals surface area (Å²) in [4.78, 5) is 16.8. The second-order valence-electron chi connectivity index (χ2n) is 5.23. The molecular formula is C16H14Cl2N2O. The first-order chi connectivity index (χ1) is 10.1. The van der Waals surface area contributed by atoms with E-state index in [2.05, 4.69) is 10.3 Å². The lowest BCUT2D eigenvalue weighted by Gasteiger charge is -2.41. The number of aromatic nitrogens is 1. The first kappa shape index (κ1) is 14.4. The number of hydrogen-bond acceptors (Lipinski definition) is 2. The molecule has 1 aromatic carbocycles. The van der Waals surface area contributed by atoms with Crippen LogP contribution in [0.4, 0.5) is 5.82 Å². The Hall–Kier alpha value is -1.58. The summed E-state index contributed by atoms with van der Waals surface area (Å²) < 4.78 is 0. The van der Waals surface area contributed by atoms with Crippen LogP contribution in [0.1, 0.15) is 24.8 Å². The second kappa shape index (κ2) is 5.66. The largest absolute Gasteiger partial charge is 0.310 e. The number of benzene rings is 1. The molecule has 0 bridgehead atoms. The van der Waals surface area contributed by atoms with Crippen LogP contribution in [0.25, 0.3) is 0 Å². The van der Waals surface area contributed by atoms with Gasteiger partial charge in [-0.15, -0.1) is 0 Å². The fourth-order valence-electron chi connectivity index (χ4n) is 2.70. The Morgan fingerprint density at radius 1 is 1.19 bits per heavy atom. The predicted molar refractivity (Wildman–Crippen MR) is 84.9 cm³/mol. The number of nitrogens with one attached hydrogen (secondary N) is 1. The van der Waals surface area contributed by atoms with E-state index in [1.807, 2.05) is 18.2 Å². The molecule has 1 heterocycles. The molecule has 0 radical (unpaired) electrons. The van der Waals surface area contributed by atoms with Crippen molar-refractivity contribution in [3.05, 3.63) is 58.2 Å². The number of hydrogen-bond donors (Lipinski definition) is 1. The van der Waals surface area contributed by atoms with Crippen molar-refractivity contribution in [2.75, 3.05) is 5.32 Å². The molecule has 0 spiro atoms. The van der Waals surface area contributed by atoms with Gasteiger partial charge in [-0.1, -0.05) is 41.8 Å². The highest BCUT2D eigenvalue weighted by Gasteiger charge is 2.46. The zero-order valence-electron chi connectivity index (χ0n) is 11.3. The van der Waals surface area contributed by atoms with Crippen molar-refractivity contribution in [2.45, 2.75) is 24.7 Å². The Morgan fingerprint density at radius 3 is 2.57 bits per heavy atom. The maximum Gasteiger partial charge on any atom is 0.236 e. The smallest absolute Gasteiger partial charge is 0.236 e.